The van der Waals surface area contributed by atoms with Crippen LogP contribution in [-0.2, 0) is 10.0 Å². The summed E-state index contributed by atoms with van der Waals surface area (Å²) in [5.74, 6) is 0. The Bertz CT molecular complexity index is 1140. The van der Waals surface area contributed by atoms with Crippen molar-refractivity contribution in [2.75, 3.05) is 69.2 Å². The predicted octanol–water partition coefficient (Wildman–Crippen LogP) is 2.82. The van der Waals surface area contributed by atoms with Crippen LogP contribution in [0.15, 0.2) is 41.3 Å². The van der Waals surface area contributed by atoms with Crippen molar-refractivity contribution < 1.29 is 13.3 Å². The number of likely N-dealkylation sites (N-methyl/N-ethyl adjacent to an activating group) is 1. The molecule has 0 aromatic heterocycles. The zero-order valence-corrected chi connectivity index (χ0v) is 20.3. The van der Waals surface area contributed by atoms with Crippen molar-refractivity contribution in [1.82, 2.24) is 9.21 Å². The molecule has 2 saturated heterocycles. The molecule has 2 heterocycles. The third-order valence-electron chi connectivity index (χ3n) is 6.38. The fraction of sp³-hybridized carbons (Fsp3) is 0.455. The zero-order chi connectivity index (χ0) is 23.8. The van der Waals surface area contributed by atoms with Gasteiger partial charge in [-0.05, 0) is 43.8 Å². The minimum absolute atomic E-state index is 0.0318. The summed E-state index contributed by atoms with van der Waals surface area (Å²) < 4.78 is 27.5. The van der Waals surface area contributed by atoms with Gasteiger partial charge in [-0.3, -0.25) is 10.1 Å². The first kappa shape index (κ1) is 23.7. The Morgan fingerprint density at radius 3 is 2.09 bits per heavy atom. The second kappa shape index (κ2) is 9.46. The van der Waals surface area contributed by atoms with E-state index in [9.17, 15) is 18.5 Å². The minimum Gasteiger partial charge on any atom is -0.368 e. The molecule has 0 bridgehead atoms. The molecule has 0 unspecified atom stereocenters. The molecule has 4 rings (SSSR count). The summed E-state index contributed by atoms with van der Waals surface area (Å²) in [6.45, 7) is 6.57. The molecule has 2 aromatic carbocycles. The van der Waals surface area contributed by atoms with Crippen LogP contribution in [0.4, 0.5) is 17.1 Å². The topological polar surface area (TPSA) is 90.2 Å². The molecule has 0 radical (unpaired) electrons. The van der Waals surface area contributed by atoms with Crippen LogP contribution in [0.25, 0.3) is 0 Å². The second-order valence-electron chi connectivity index (χ2n) is 8.52. The second-order valence-corrected chi connectivity index (χ2v) is 10.9. The summed E-state index contributed by atoms with van der Waals surface area (Å²) >= 11 is 6.16. The molecule has 11 heteroatoms. The molecule has 33 heavy (non-hydrogen) atoms. The van der Waals surface area contributed by atoms with E-state index in [2.05, 4.69) is 9.80 Å². The van der Waals surface area contributed by atoms with Gasteiger partial charge in [-0.25, -0.2) is 8.42 Å². The van der Waals surface area contributed by atoms with Gasteiger partial charge in [0.1, 0.15) is 5.69 Å². The number of hydrogen-bond donors (Lipinski definition) is 0. The maximum atomic E-state index is 13.1. The summed E-state index contributed by atoms with van der Waals surface area (Å²) in [7, 11) is -1.84. The van der Waals surface area contributed by atoms with Crippen LogP contribution in [0.2, 0.25) is 5.02 Å². The molecule has 0 amide bonds. The first-order valence-electron chi connectivity index (χ1n) is 10.9. The molecule has 0 atom stereocenters. The van der Waals surface area contributed by atoms with Crippen molar-refractivity contribution in [3.05, 3.63) is 57.1 Å². The van der Waals surface area contributed by atoms with Gasteiger partial charge >= 0.3 is 0 Å². The number of nitro groups is 1. The Labute approximate surface area is 199 Å². The number of hydrogen-bond acceptors (Lipinski definition) is 7. The Morgan fingerprint density at radius 1 is 0.879 bits per heavy atom. The fourth-order valence-corrected chi connectivity index (χ4v) is 5.98. The van der Waals surface area contributed by atoms with Gasteiger partial charge < -0.3 is 14.7 Å². The first-order chi connectivity index (χ1) is 15.7. The van der Waals surface area contributed by atoms with Gasteiger partial charge in [0.25, 0.3) is 5.69 Å². The summed E-state index contributed by atoms with van der Waals surface area (Å²) in [4.78, 5) is 17.6. The largest absolute Gasteiger partial charge is 0.368 e. The average Bonchev–Trinajstić information content (AvgIpc) is 2.80. The molecule has 2 fully saturated rings. The highest BCUT2D eigenvalue weighted by Crippen LogP contribution is 2.34. The average molecular weight is 494 g/mol. The van der Waals surface area contributed by atoms with E-state index in [0.717, 1.165) is 11.3 Å². The number of sulfonamides is 1. The molecule has 0 N–H and O–H groups in total. The van der Waals surface area contributed by atoms with Crippen LogP contribution >= 0.6 is 11.6 Å². The van der Waals surface area contributed by atoms with Gasteiger partial charge in [-0.15, -0.1) is 0 Å². The smallest absolute Gasteiger partial charge is 0.293 e. The summed E-state index contributed by atoms with van der Waals surface area (Å²) in [5, 5.41) is 12.5. The van der Waals surface area contributed by atoms with Crippen LogP contribution in [0.1, 0.15) is 5.56 Å². The lowest BCUT2D eigenvalue weighted by Gasteiger charge is -2.38. The normalized spacial score (nSPS) is 18.5. The molecular weight excluding hydrogens is 466 g/mol. The molecule has 2 aliphatic rings. The molecule has 2 aliphatic heterocycles. The highest BCUT2D eigenvalue weighted by atomic mass is 35.5. The molecular formula is C22H28ClN5O4S. The highest BCUT2D eigenvalue weighted by molar-refractivity contribution is 7.89. The monoisotopic (exact) mass is 493 g/mol. The first-order valence-corrected chi connectivity index (χ1v) is 12.7. The van der Waals surface area contributed by atoms with E-state index in [1.165, 1.54) is 16.4 Å². The number of nitro benzene ring substituents is 1. The molecule has 0 saturated carbocycles. The number of halogens is 1. The third-order valence-corrected chi connectivity index (χ3v) is 8.51. The van der Waals surface area contributed by atoms with E-state index >= 15 is 0 Å². The number of anilines is 2. The molecule has 0 aliphatic carbocycles. The van der Waals surface area contributed by atoms with E-state index in [1.807, 2.05) is 37.1 Å². The van der Waals surface area contributed by atoms with Crippen LogP contribution in [-0.4, -0.2) is 82.0 Å². The molecule has 0 spiro atoms. The van der Waals surface area contributed by atoms with E-state index in [4.69, 9.17) is 11.6 Å². The molecule has 9 nitrogen and oxygen atoms in total. The third kappa shape index (κ3) is 4.93. The van der Waals surface area contributed by atoms with Crippen LogP contribution in [0, 0.1) is 17.0 Å². The van der Waals surface area contributed by atoms with Gasteiger partial charge in [0.05, 0.1) is 9.82 Å². The summed E-state index contributed by atoms with van der Waals surface area (Å²) in [6.07, 6.45) is 0. The molecule has 178 valence electrons. The van der Waals surface area contributed by atoms with Crippen molar-refractivity contribution in [1.29, 1.82) is 0 Å². The minimum atomic E-state index is -3.78. The van der Waals surface area contributed by atoms with Gasteiger partial charge in [0, 0.05) is 69.1 Å². The van der Waals surface area contributed by atoms with Crippen molar-refractivity contribution in [2.24, 2.45) is 0 Å². The lowest BCUT2D eigenvalue weighted by atomic mass is 10.1. The molecule has 2 aromatic rings. The number of piperazine rings is 2. The standard InChI is InChI=1S/C22H28ClN5O4S/c1-17-3-4-18(23)15-21(17)26-11-9-25(10-12-26)20-6-5-19(16-22(20)28(29)30)33(31,32)27-13-7-24(2)8-14-27/h3-6,15-16H,7-14H2,1-2H3. The van der Waals surface area contributed by atoms with Gasteiger partial charge in [0.2, 0.25) is 10.0 Å². The fourth-order valence-electron chi connectivity index (χ4n) is 4.37. The maximum absolute atomic E-state index is 13.1. The van der Waals surface area contributed by atoms with E-state index in [0.29, 0.717) is 63.1 Å². The predicted molar refractivity (Wildman–Crippen MR) is 130 cm³/mol. The van der Waals surface area contributed by atoms with Crippen molar-refractivity contribution in [3.8, 4) is 0 Å². The zero-order valence-electron chi connectivity index (χ0n) is 18.8. The van der Waals surface area contributed by atoms with E-state index < -0.39 is 14.9 Å². The maximum Gasteiger partial charge on any atom is 0.293 e. The van der Waals surface area contributed by atoms with Gasteiger partial charge in [0.15, 0.2) is 0 Å². The van der Waals surface area contributed by atoms with Crippen LogP contribution in [0.3, 0.4) is 0 Å². The lowest BCUT2D eigenvalue weighted by Crippen LogP contribution is -2.47. The van der Waals surface area contributed by atoms with Gasteiger partial charge in [-0.2, -0.15) is 4.31 Å². The number of benzene rings is 2. The lowest BCUT2D eigenvalue weighted by molar-refractivity contribution is -0.384. The summed E-state index contributed by atoms with van der Waals surface area (Å²) in [6, 6.07) is 10.0. The summed E-state index contributed by atoms with van der Waals surface area (Å²) in [5.41, 5.74) is 2.44. The Balaban J connectivity index is 1.54. The van der Waals surface area contributed by atoms with E-state index in [1.54, 1.807) is 6.07 Å². The Hall–Kier alpha value is -2.40. The Morgan fingerprint density at radius 2 is 1.48 bits per heavy atom. The van der Waals surface area contributed by atoms with Gasteiger partial charge in [-0.1, -0.05) is 17.7 Å². The number of rotatable bonds is 5. The van der Waals surface area contributed by atoms with Crippen LogP contribution < -0.4 is 9.80 Å². The van der Waals surface area contributed by atoms with Crippen molar-refractivity contribution >= 4 is 38.7 Å². The highest BCUT2D eigenvalue weighted by Gasteiger charge is 2.31. The van der Waals surface area contributed by atoms with Crippen molar-refractivity contribution in [3.63, 3.8) is 0 Å². The SMILES string of the molecule is Cc1ccc(Cl)cc1N1CCN(c2ccc(S(=O)(=O)N3CCN(C)CC3)cc2[N+](=O)[O-])CC1. The van der Waals surface area contributed by atoms with Crippen molar-refractivity contribution in [2.45, 2.75) is 11.8 Å². The van der Waals surface area contributed by atoms with Crippen LogP contribution in [0.5, 0.6) is 0 Å². The Kier molecular flexibility index (Phi) is 6.81. The van der Waals surface area contributed by atoms with E-state index in [-0.39, 0.29) is 10.6 Å². The number of aryl methyl sites for hydroxylation is 1. The number of nitrogens with zero attached hydrogens (tertiary/aromatic N) is 5. The quantitative estimate of drug-likeness (QED) is 0.467.